The molecule has 0 heterocycles. The number of ether oxygens (including phenoxy) is 2. The SMILES string of the molecule is COc1ccc(C(c2ccccc2)S(=O)C(c2ccccc2)c2ccc(OC)cc2)cc1. The molecular weight excluding hydrogens is 416 g/mol. The maximum absolute atomic E-state index is 14.4. The van der Waals surface area contributed by atoms with Crippen LogP contribution >= 0.6 is 0 Å². The van der Waals surface area contributed by atoms with Crippen LogP contribution in [0.1, 0.15) is 32.8 Å². The molecule has 0 spiro atoms. The van der Waals surface area contributed by atoms with Gasteiger partial charge in [-0.3, -0.25) is 4.21 Å². The number of rotatable bonds is 8. The summed E-state index contributed by atoms with van der Waals surface area (Å²) in [6.45, 7) is 0. The summed E-state index contributed by atoms with van der Waals surface area (Å²) in [5.74, 6) is 1.56. The molecule has 4 aromatic rings. The maximum atomic E-state index is 14.4. The Kier molecular flexibility index (Phi) is 7.03. The summed E-state index contributed by atoms with van der Waals surface area (Å²) in [7, 11) is 2.00. The molecule has 162 valence electrons. The largest absolute Gasteiger partial charge is 0.497 e. The van der Waals surface area contributed by atoms with Crippen LogP contribution in [0.5, 0.6) is 11.5 Å². The molecule has 0 aromatic heterocycles. The van der Waals surface area contributed by atoms with Gasteiger partial charge in [0.2, 0.25) is 0 Å². The monoisotopic (exact) mass is 442 g/mol. The second-order valence-electron chi connectivity index (χ2n) is 7.46. The molecule has 0 radical (unpaired) electrons. The molecule has 4 rings (SSSR count). The van der Waals surface area contributed by atoms with Crippen molar-refractivity contribution < 1.29 is 13.7 Å². The minimum Gasteiger partial charge on any atom is -0.497 e. The standard InChI is InChI=1S/C28H26O3S/c1-30-25-17-13-23(14-18-25)27(21-9-5-3-6-10-21)32(29)28(22-11-7-4-8-12-22)24-15-19-26(31-2)20-16-24/h3-20,27-28H,1-2H3. The zero-order valence-electron chi connectivity index (χ0n) is 18.2. The zero-order valence-corrected chi connectivity index (χ0v) is 19.0. The normalized spacial score (nSPS) is 13.7. The first-order chi connectivity index (χ1) is 15.7. The van der Waals surface area contributed by atoms with Crippen LogP contribution < -0.4 is 9.47 Å². The topological polar surface area (TPSA) is 35.5 Å². The smallest absolute Gasteiger partial charge is 0.118 e. The molecule has 2 unspecified atom stereocenters. The first kappa shape index (κ1) is 21.8. The van der Waals surface area contributed by atoms with E-state index in [1.165, 1.54) is 0 Å². The van der Waals surface area contributed by atoms with Crippen molar-refractivity contribution in [2.45, 2.75) is 10.5 Å². The molecule has 0 aliphatic heterocycles. The zero-order chi connectivity index (χ0) is 22.3. The van der Waals surface area contributed by atoms with Gasteiger partial charge in [0.1, 0.15) is 11.5 Å². The molecule has 3 nitrogen and oxygen atoms in total. The average molecular weight is 443 g/mol. The second-order valence-corrected chi connectivity index (χ2v) is 9.06. The highest BCUT2D eigenvalue weighted by atomic mass is 32.2. The summed E-state index contributed by atoms with van der Waals surface area (Å²) < 4.78 is 25.1. The maximum Gasteiger partial charge on any atom is 0.118 e. The predicted molar refractivity (Wildman–Crippen MR) is 131 cm³/mol. The van der Waals surface area contributed by atoms with E-state index in [1.54, 1.807) is 14.2 Å². The lowest BCUT2D eigenvalue weighted by atomic mass is 10.0. The van der Waals surface area contributed by atoms with Gasteiger partial charge in [0.25, 0.3) is 0 Å². The molecule has 4 aromatic carbocycles. The highest BCUT2D eigenvalue weighted by Crippen LogP contribution is 2.40. The first-order valence-corrected chi connectivity index (χ1v) is 11.8. The fraction of sp³-hybridized carbons (Fsp3) is 0.143. The van der Waals surface area contributed by atoms with E-state index in [0.29, 0.717) is 0 Å². The molecule has 32 heavy (non-hydrogen) atoms. The lowest BCUT2D eigenvalue weighted by molar-refractivity contribution is 0.414. The molecule has 0 amide bonds. The van der Waals surface area contributed by atoms with Crippen LogP contribution in [0.3, 0.4) is 0 Å². The van der Waals surface area contributed by atoms with E-state index in [0.717, 1.165) is 33.8 Å². The van der Waals surface area contributed by atoms with Gasteiger partial charge in [0.05, 0.1) is 24.7 Å². The lowest BCUT2D eigenvalue weighted by Crippen LogP contribution is -2.17. The van der Waals surface area contributed by atoms with Gasteiger partial charge in [-0.25, -0.2) is 0 Å². The molecule has 0 aliphatic rings. The van der Waals surface area contributed by atoms with Crippen molar-refractivity contribution in [2.75, 3.05) is 14.2 Å². The molecule has 2 atom stereocenters. The number of benzene rings is 4. The van der Waals surface area contributed by atoms with E-state index in [4.69, 9.17) is 9.47 Å². The molecule has 0 saturated carbocycles. The van der Waals surface area contributed by atoms with Crippen molar-refractivity contribution in [3.05, 3.63) is 131 Å². The highest BCUT2D eigenvalue weighted by Gasteiger charge is 2.30. The number of hydrogen-bond donors (Lipinski definition) is 0. The van der Waals surface area contributed by atoms with Crippen LogP contribution in [0.15, 0.2) is 109 Å². The fourth-order valence-corrected chi connectivity index (χ4v) is 5.84. The summed E-state index contributed by atoms with van der Waals surface area (Å²) in [4.78, 5) is 0. The van der Waals surface area contributed by atoms with Crippen LogP contribution in [-0.4, -0.2) is 18.4 Å². The molecular formula is C28H26O3S. The summed E-state index contributed by atoms with van der Waals surface area (Å²) in [5, 5.41) is -0.594. The average Bonchev–Trinajstić information content (AvgIpc) is 2.86. The van der Waals surface area contributed by atoms with Crippen molar-refractivity contribution in [2.24, 2.45) is 0 Å². The predicted octanol–water partition coefficient (Wildman–Crippen LogP) is 6.33. The number of methoxy groups -OCH3 is 2. The van der Waals surface area contributed by atoms with E-state index < -0.39 is 10.8 Å². The van der Waals surface area contributed by atoms with Gasteiger partial charge in [0, 0.05) is 10.8 Å². The van der Waals surface area contributed by atoms with E-state index in [1.807, 2.05) is 109 Å². The van der Waals surface area contributed by atoms with Crippen LogP contribution in [0.2, 0.25) is 0 Å². The Morgan fingerprint density at radius 2 is 0.812 bits per heavy atom. The molecule has 0 N–H and O–H groups in total. The lowest BCUT2D eigenvalue weighted by Gasteiger charge is -2.25. The van der Waals surface area contributed by atoms with Crippen molar-refractivity contribution in [1.82, 2.24) is 0 Å². The van der Waals surface area contributed by atoms with Gasteiger partial charge >= 0.3 is 0 Å². The Morgan fingerprint density at radius 3 is 1.12 bits per heavy atom. The molecule has 0 fully saturated rings. The van der Waals surface area contributed by atoms with Gasteiger partial charge in [-0.05, 0) is 46.5 Å². The first-order valence-electron chi connectivity index (χ1n) is 10.5. The van der Waals surface area contributed by atoms with Gasteiger partial charge in [-0.2, -0.15) is 0 Å². The third kappa shape index (κ3) is 4.76. The molecule has 4 heteroatoms. The van der Waals surface area contributed by atoms with Crippen LogP contribution in [0.25, 0.3) is 0 Å². The van der Waals surface area contributed by atoms with Crippen LogP contribution in [0.4, 0.5) is 0 Å². The van der Waals surface area contributed by atoms with Crippen molar-refractivity contribution >= 4 is 10.8 Å². The van der Waals surface area contributed by atoms with Gasteiger partial charge in [-0.1, -0.05) is 84.9 Å². The number of hydrogen-bond acceptors (Lipinski definition) is 3. The Morgan fingerprint density at radius 1 is 0.500 bits per heavy atom. The van der Waals surface area contributed by atoms with E-state index >= 15 is 0 Å². The van der Waals surface area contributed by atoms with E-state index in [9.17, 15) is 4.21 Å². The Labute approximate surface area is 192 Å². The third-order valence-corrected chi connectivity index (χ3v) is 7.52. The molecule has 0 saturated heterocycles. The Balaban J connectivity index is 1.83. The van der Waals surface area contributed by atoms with Crippen LogP contribution in [-0.2, 0) is 10.8 Å². The van der Waals surface area contributed by atoms with Gasteiger partial charge < -0.3 is 9.47 Å². The summed E-state index contributed by atoms with van der Waals surface area (Å²) in [6, 6.07) is 35.8. The van der Waals surface area contributed by atoms with Crippen molar-refractivity contribution in [3.8, 4) is 11.5 Å². The summed E-state index contributed by atoms with van der Waals surface area (Å²) >= 11 is 0. The third-order valence-electron chi connectivity index (χ3n) is 5.51. The fourth-order valence-electron chi connectivity index (χ4n) is 3.87. The van der Waals surface area contributed by atoms with Gasteiger partial charge in [-0.15, -0.1) is 0 Å². The van der Waals surface area contributed by atoms with Crippen LogP contribution in [0, 0.1) is 0 Å². The molecule has 0 bridgehead atoms. The highest BCUT2D eigenvalue weighted by molar-refractivity contribution is 7.86. The minimum absolute atomic E-state index is 0.297. The summed E-state index contributed by atoms with van der Waals surface area (Å²) in [5.41, 5.74) is 4.02. The van der Waals surface area contributed by atoms with Crippen molar-refractivity contribution in [1.29, 1.82) is 0 Å². The summed E-state index contributed by atoms with van der Waals surface area (Å²) in [6.07, 6.45) is 0. The minimum atomic E-state index is -1.30. The van der Waals surface area contributed by atoms with E-state index in [-0.39, 0.29) is 10.5 Å². The Hall–Kier alpha value is -3.37. The quantitative estimate of drug-likeness (QED) is 0.320. The second kappa shape index (κ2) is 10.3. The Bertz CT molecular complexity index is 1050. The molecule has 0 aliphatic carbocycles. The van der Waals surface area contributed by atoms with E-state index in [2.05, 4.69) is 0 Å². The van der Waals surface area contributed by atoms with Gasteiger partial charge in [0.15, 0.2) is 0 Å². The van der Waals surface area contributed by atoms with Crippen molar-refractivity contribution in [3.63, 3.8) is 0 Å².